The van der Waals surface area contributed by atoms with Crippen LogP contribution in [0.15, 0.2) is 65.1 Å². The van der Waals surface area contributed by atoms with E-state index in [0.717, 1.165) is 50.2 Å². The average Bonchev–Trinajstić information content (AvgIpc) is 3.32. The van der Waals surface area contributed by atoms with E-state index in [-0.39, 0.29) is 24.8 Å². The molecule has 1 aromatic heterocycles. The van der Waals surface area contributed by atoms with Crippen LogP contribution < -0.4 is 34.0 Å². The van der Waals surface area contributed by atoms with Gasteiger partial charge in [-0.05, 0) is 30.7 Å². The van der Waals surface area contributed by atoms with Gasteiger partial charge in [-0.1, -0.05) is 0 Å². The van der Waals surface area contributed by atoms with Gasteiger partial charge in [-0.3, -0.25) is 0 Å². The van der Waals surface area contributed by atoms with Crippen molar-refractivity contribution in [1.82, 2.24) is 9.31 Å². The van der Waals surface area contributed by atoms with Crippen LogP contribution in [0.4, 0.5) is 11.4 Å². The van der Waals surface area contributed by atoms with Gasteiger partial charge in [0, 0.05) is 86.3 Å². The van der Waals surface area contributed by atoms with Crippen LogP contribution in [-0.2, 0) is 4.79 Å². The number of fused-ring (bicyclic) bond motifs is 2. The SMILES string of the molecule is COc1cc(N(C)C)c(OCCCC(=O)On2c(O)ccc2O)cc1-c1c2ccc(=[N+](C)C)cc-2oc2cc(N(C)C)ccc12. The number of carbonyl (C=O) groups excluding carboxylic acids is 1. The second-order valence-electron chi connectivity index (χ2n) is 11.3. The number of anilines is 2. The highest BCUT2D eigenvalue weighted by molar-refractivity contribution is 6.04. The molecule has 2 N–H and O–H groups in total. The molecule has 1 aliphatic heterocycles. The van der Waals surface area contributed by atoms with Crippen LogP contribution in [0.2, 0.25) is 0 Å². The lowest BCUT2D eigenvalue weighted by Crippen LogP contribution is -2.21. The Morgan fingerprint density at radius 3 is 2.27 bits per heavy atom. The number of methoxy groups -OCH3 is 1. The van der Waals surface area contributed by atoms with E-state index in [0.29, 0.717) is 22.7 Å². The number of hydrogen-bond donors (Lipinski definition) is 2. The molecule has 0 amide bonds. The van der Waals surface area contributed by atoms with Crippen LogP contribution in [0.5, 0.6) is 23.3 Å². The molecule has 2 heterocycles. The third kappa shape index (κ3) is 6.33. The molecular formula is C34H39N4O7+. The van der Waals surface area contributed by atoms with E-state index in [9.17, 15) is 15.0 Å². The Labute approximate surface area is 261 Å². The summed E-state index contributed by atoms with van der Waals surface area (Å²) in [6.45, 7) is 0.218. The number of hydrogen-bond acceptors (Lipinski definition) is 9. The van der Waals surface area contributed by atoms with Crippen LogP contribution in [-0.4, -0.2) is 76.9 Å². The van der Waals surface area contributed by atoms with Crippen molar-refractivity contribution in [2.45, 2.75) is 12.8 Å². The van der Waals surface area contributed by atoms with E-state index < -0.39 is 5.97 Å². The second-order valence-corrected chi connectivity index (χ2v) is 11.3. The zero-order chi connectivity index (χ0) is 32.4. The van der Waals surface area contributed by atoms with Crippen molar-refractivity contribution < 1.29 is 33.7 Å². The molecule has 0 unspecified atom stereocenters. The molecule has 236 valence electrons. The summed E-state index contributed by atoms with van der Waals surface area (Å²) in [6, 6.07) is 18.7. The van der Waals surface area contributed by atoms with Crippen LogP contribution in [0.1, 0.15) is 12.8 Å². The van der Waals surface area contributed by atoms with Gasteiger partial charge in [0.2, 0.25) is 17.1 Å². The average molecular weight is 616 g/mol. The van der Waals surface area contributed by atoms with Crippen LogP contribution in [0.3, 0.4) is 0 Å². The Hall–Kier alpha value is -5.32. The van der Waals surface area contributed by atoms with E-state index in [1.165, 1.54) is 12.1 Å². The summed E-state index contributed by atoms with van der Waals surface area (Å²) < 4.78 is 21.4. The first-order valence-electron chi connectivity index (χ1n) is 14.5. The molecule has 11 heteroatoms. The molecule has 0 saturated heterocycles. The molecule has 0 spiro atoms. The van der Waals surface area contributed by atoms with E-state index in [1.54, 1.807) is 7.11 Å². The van der Waals surface area contributed by atoms with Gasteiger partial charge in [0.15, 0.2) is 0 Å². The first kappa shape index (κ1) is 31.1. The van der Waals surface area contributed by atoms with Gasteiger partial charge in [0.05, 0.1) is 31.9 Å². The van der Waals surface area contributed by atoms with Gasteiger partial charge in [-0.15, -0.1) is 4.73 Å². The molecule has 0 radical (unpaired) electrons. The van der Waals surface area contributed by atoms with Crippen LogP contribution in [0.25, 0.3) is 33.4 Å². The largest absolute Gasteiger partial charge is 0.496 e. The fraction of sp³-hybridized carbons (Fsp3) is 0.294. The van der Waals surface area contributed by atoms with Crippen molar-refractivity contribution in [3.63, 3.8) is 0 Å². The maximum absolute atomic E-state index is 12.3. The molecule has 0 fully saturated rings. The van der Waals surface area contributed by atoms with Crippen molar-refractivity contribution >= 4 is 28.3 Å². The van der Waals surface area contributed by atoms with Crippen molar-refractivity contribution in [2.75, 3.05) is 65.8 Å². The van der Waals surface area contributed by atoms with E-state index >= 15 is 0 Å². The number of ether oxygens (including phenoxy) is 2. The monoisotopic (exact) mass is 615 g/mol. The van der Waals surface area contributed by atoms with E-state index in [1.807, 2.05) is 80.9 Å². The molecule has 5 rings (SSSR count). The second kappa shape index (κ2) is 12.7. The van der Waals surface area contributed by atoms with Crippen molar-refractivity contribution in [3.05, 3.63) is 66.0 Å². The van der Waals surface area contributed by atoms with Crippen LogP contribution in [0, 0.1) is 0 Å². The standard InChI is InChI=1S/C34H38N4O7/c1-35(2)21-10-12-23-28(17-21)44-29-18-22(36(3)4)11-13-24(29)34(23)25-19-30(26(37(5)6)20-27(25)42-7)43-16-8-9-33(41)45-38-31(39)14-15-32(38)40/h10-15,17-20H,8-9,16H2,1-7H3,(H-,39,40)/p+1. The Bertz CT molecular complexity index is 1880. The lowest BCUT2D eigenvalue weighted by molar-refractivity contribution is -0.145. The first-order chi connectivity index (χ1) is 21.5. The fourth-order valence-corrected chi connectivity index (χ4v) is 5.13. The molecular weight excluding hydrogens is 576 g/mol. The maximum atomic E-state index is 12.3. The summed E-state index contributed by atoms with van der Waals surface area (Å²) in [5.41, 5.74) is 5.26. The molecule has 2 aliphatic rings. The van der Waals surface area contributed by atoms with Gasteiger partial charge >= 0.3 is 5.97 Å². The molecule has 3 aromatic rings. The van der Waals surface area contributed by atoms with Gasteiger partial charge in [-0.2, -0.15) is 0 Å². The number of benzene rings is 3. The quantitative estimate of drug-likeness (QED) is 0.134. The number of aromatic nitrogens is 1. The molecule has 11 nitrogen and oxygen atoms in total. The number of aromatic hydroxyl groups is 2. The third-order valence-corrected chi connectivity index (χ3v) is 7.53. The third-order valence-electron chi connectivity index (χ3n) is 7.53. The maximum Gasteiger partial charge on any atom is 0.333 e. The smallest absolute Gasteiger partial charge is 0.333 e. The normalized spacial score (nSPS) is 11.1. The first-order valence-corrected chi connectivity index (χ1v) is 14.5. The Morgan fingerprint density at radius 2 is 1.62 bits per heavy atom. The highest BCUT2D eigenvalue weighted by Crippen LogP contribution is 2.47. The minimum Gasteiger partial charge on any atom is -0.496 e. The van der Waals surface area contributed by atoms with Gasteiger partial charge < -0.3 is 38.7 Å². The predicted octanol–water partition coefficient (Wildman–Crippen LogP) is 4.40. The molecule has 1 aliphatic carbocycles. The Kier molecular flexibility index (Phi) is 8.80. The van der Waals surface area contributed by atoms with Gasteiger partial charge in [-0.25, -0.2) is 9.37 Å². The fourth-order valence-electron chi connectivity index (χ4n) is 5.13. The minimum atomic E-state index is -0.621. The molecule has 45 heavy (non-hydrogen) atoms. The zero-order valence-corrected chi connectivity index (χ0v) is 26.6. The Morgan fingerprint density at radius 1 is 0.889 bits per heavy atom. The minimum absolute atomic E-state index is 0.00918. The summed E-state index contributed by atoms with van der Waals surface area (Å²) >= 11 is 0. The molecule has 0 atom stereocenters. The molecule has 0 saturated carbocycles. The number of carbonyl (C=O) groups is 1. The van der Waals surface area contributed by atoms with E-state index in [2.05, 4.69) is 24.3 Å². The summed E-state index contributed by atoms with van der Waals surface area (Å²) in [5, 5.41) is 21.4. The molecule has 2 aromatic carbocycles. The summed E-state index contributed by atoms with van der Waals surface area (Å²) in [7, 11) is 13.5. The van der Waals surface area contributed by atoms with Gasteiger partial charge in [0.25, 0.3) is 0 Å². The van der Waals surface area contributed by atoms with Crippen molar-refractivity contribution in [1.29, 1.82) is 0 Å². The molecule has 0 bridgehead atoms. The van der Waals surface area contributed by atoms with Crippen molar-refractivity contribution in [3.8, 4) is 45.7 Å². The van der Waals surface area contributed by atoms with Gasteiger partial charge in [0.1, 0.15) is 36.9 Å². The number of nitrogens with zero attached hydrogens (tertiary/aromatic N) is 4. The van der Waals surface area contributed by atoms with Crippen molar-refractivity contribution in [2.24, 2.45) is 0 Å². The lowest BCUT2D eigenvalue weighted by atomic mass is 9.92. The highest BCUT2D eigenvalue weighted by Gasteiger charge is 2.23. The predicted molar refractivity (Wildman–Crippen MR) is 175 cm³/mol. The van der Waals surface area contributed by atoms with Crippen LogP contribution >= 0.6 is 0 Å². The number of rotatable bonds is 10. The summed E-state index contributed by atoms with van der Waals surface area (Å²) in [4.78, 5) is 21.4. The topological polar surface area (TPSA) is 113 Å². The lowest BCUT2D eigenvalue weighted by Gasteiger charge is -2.23. The highest BCUT2D eigenvalue weighted by atomic mass is 16.7. The summed E-state index contributed by atoms with van der Waals surface area (Å²) in [5.74, 6) is 0.652. The Balaban J connectivity index is 1.55. The summed E-state index contributed by atoms with van der Waals surface area (Å²) in [6.07, 6.45) is 0.349. The zero-order valence-electron chi connectivity index (χ0n) is 26.6. The van der Waals surface area contributed by atoms with E-state index in [4.69, 9.17) is 18.7 Å².